The van der Waals surface area contributed by atoms with Crippen LogP contribution >= 0.6 is 0 Å². The summed E-state index contributed by atoms with van der Waals surface area (Å²) in [4.78, 5) is 12.6. The molecule has 0 spiro atoms. The summed E-state index contributed by atoms with van der Waals surface area (Å²) in [5.41, 5.74) is 3.16. The fraction of sp³-hybridized carbons (Fsp3) is 0.500. The van der Waals surface area contributed by atoms with Gasteiger partial charge in [-0.15, -0.1) is 0 Å². The quantitative estimate of drug-likeness (QED) is 0.570. The number of rotatable bonds is 3. The molecule has 0 fully saturated rings. The Kier molecular flexibility index (Phi) is 6.86. The molecular formula is C22H30O3. The second-order valence-electron chi connectivity index (χ2n) is 7.47. The molecule has 1 aromatic carbocycles. The zero-order valence-corrected chi connectivity index (χ0v) is 15.8. The molecule has 0 saturated carbocycles. The van der Waals surface area contributed by atoms with Crippen molar-refractivity contribution in [1.29, 1.82) is 0 Å². The summed E-state index contributed by atoms with van der Waals surface area (Å²) in [5, 5.41) is 9.39. The van der Waals surface area contributed by atoms with Gasteiger partial charge in [0, 0.05) is 5.92 Å². The Morgan fingerprint density at radius 3 is 2.44 bits per heavy atom. The summed E-state index contributed by atoms with van der Waals surface area (Å²) < 4.78 is 5.91. The third-order valence-corrected chi connectivity index (χ3v) is 4.98. The van der Waals surface area contributed by atoms with Crippen LogP contribution in [0.4, 0.5) is 0 Å². The largest absolute Gasteiger partial charge is 0.508 e. The number of hydrogen-bond acceptors (Lipinski definition) is 3. The summed E-state index contributed by atoms with van der Waals surface area (Å²) in [5.74, 6) is 0.531. The van der Waals surface area contributed by atoms with E-state index in [-0.39, 0.29) is 23.7 Å². The summed E-state index contributed by atoms with van der Waals surface area (Å²) in [6.07, 6.45) is 8.34. The third-order valence-electron chi connectivity index (χ3n) is 4.98. The van der Waals surface area contributed by atoms with Gasteiger partial charge in [-0.2, -0.15) is 0 Å². The smallest absolute Gasteiger partial charge is 0.338 e. The Labute approximate surface area is 151 Å². The van der Waals surface area contributed by atoms with Gasteiger partial charge in [0.15, 0.2) is 0 Å². The Bertz CT molecular complexity index is 638. The molecule has 1 aromatic rings. The first-order valence-electron chi connectivity index (χ1n) is 9.19. The maximum Gasteiger partial charge on any atom is 0.338 e. The van der Waals surface area contributed by atoms with Crippen LogP contribution in [-0.2, 0) is 4.74 Å². The first-order chi connectivity index (χ1) is 11.9. The molecule has 0 heterocycles. The molecule has 2 atom stereocenters. The molecule has 25 heavy (non-hydrogen) atoms. The number of carbonyl (C=O) groups excluding carboxylic acids is 1. The van der Waals surface area contributed by atoms with E-state index in [1.807, 2.05) is 0 Å². The summed E-state index contributed by atoms with van der Waals surface area (Å²) in [6.45, 7) is 8.69. The van der Waals surface area contributed by atoms with Gasteiger partial charge in [-0.05, 0) is 75.8 Å². The molecule has 1 aliphatic rings. The van der Waals surface area contributed by atoms with E-state index in [9.17, 15) is 9.90 Å². The van der Waals surface area contributed by atoms with Crippen LogP contribution in [0, 0.1) is 11.8 Å². The van der Waals surface area contributed by atoms with Gasteiger partial charge in [0.25, 0.3) is 0 Å². The van der Waals surface area contributed by atoms with E-state index in [4.69, 9.17) is 4.74 Å². The van der Waals surface area contributed by atoms with Crippen molar-refractivity contribution in [3.05, 3.63) is 53.1 Å². The first-order valence-corrected chi connectivity index (χ1v) is 9.19. The second-order valence-corrected chi connectivity index (χ2v) is 7.47. The lowest BCUT2D eigenvalue weighted by molar-refractivity contribution is 0.0199. The number of hydrogen-bond donors (Lipinski definition) is 1. The number of allylic oxidation sites excluding steroid dienone is 3. The van der Waals surface area contributed by atoms with Gasteiger partial charge < -0.3 is 9.84 Å². The van der Waals surface area contributed by atoms with Gasteiger partial charge in [0.2, 0.25) is 0 Å². The summed E-state index contributed by atoms with van der Waals surface area (Å²) in [6, 6.07) is 6.23. The van der Waals surface area contributed by atoms with E-state index in [2.05, 4.69) is 39.8 Å². The van der Waals surface area contributed by atoms with Gasteiger partial charge in [-0.3, -0.25) is 0 Å². The van der Waals surface area contributed by atoms with Crippen molar-refractivity contribution in [2.45, 2.75) is 59.5 Å². The number of phenols is 1. The highest BCUT2D eigenvalue weighted by molar-refractivity contribution is 5.89. The number of ether oxygens (including phenoxy) is 1. The van der Waals surface area contributed by atoms with Crippen molar-refractivity contribution in [3.63, 3.8) is 0 Å². The lowest BCUT2D eigenvalue weighted by Crippen LogP contribution is -2.29. The van der Waals surface area contributed by atoms with Crippen molar-refractivity contribution < 1.29 is 14.6 Å². The normalized spacial score (nSPS) is 24.2. The Balaban J connectivity index is 2.23. The molecule has 0 aliphatic heterocycles. The molecule has 2 rings (SSSR count). The van der Waals surface area contributed by atoms with Crippen LogP contribution in [-0.4, -0.2) is 17.2 Å². The molecule has 1 aliphatic carbocycles. The minimum absolute atomic E-state index is 0.147. The lowest BCUT2D eigenvalue weighted by Gasteiger charge is -2.29. The van der Waals surface area contributed by atoms with Crippen LogP contribution < -0.4 is 0 Å². The minimum Gasteiger partial charge on any atom is -0.508 e. The van der Waals surface area contributed by atoms with Crippen LogP contribution in [0.1, 0.15) is 63.7 Å². The SMILES string of the molecule is CC1=C[C@H](OC(=O)c2ccc(O)cc2)[C@H](C(C)C)CC/C(C)=C/CC1. The Hall–Kier alpha value is -2.03. The van der Waals surface area contributed by atoms with E-state index >= 15 is 0 Å². The highest BCUT2D eigenvalue weighted by Crippen LogP contribution is 2.29. The molecule has 0 saturated heterocycles. The van der Waals surface area contributed by atoms with Crippen LogP contribution in [0.2, 0.25) is 0 Å². The highest BCUT2D eigenvalue weighted by atomic mass is 16.5. The van der Waals surface area contributed by atoms with Crippen LogP contribution in [0.3, 0.4) is 0 Å². The third kappa shape index (κ3) is 5.77. The molecule has 0 unspecified atom stereocenters. The molecule has 0 radical (unpaired) electrons. The molecule has 0 bridgehead atoms. The van der Waals surface area contributed by atoms with Crippen molar-refractivity contribution in [3.8, 4) is 5.75 Å². The maximum absolute atomic E-state index is 12.6. The van der Waals surface area contributed by atoms with Crippen molar-refractivity contribution in [2.24, 2.45) is 11.8 Å². The minimum atomic E-state index is -0.330. The zero-order valence-electron chi connectivity index (χ0n) is 15.8. The van der Waals surface area contributed by atoms with E-state index in [0.717, 1.165) is 25.7 Å². The molecule has 3 nitrogen and oxygen atoms in total. The van der Waals surface area contributed by atoms with E-state index in [1.54, 1.807) is 12.1 Å². The molecule has 0 amide bonds. The molecular weight excluding hydrogens is 312 g/mol. The average molecular weight is 342 g/mol. The van der Waals surface area contributed by atoms with Crippen molar-refractivity contribution in [1.82, 2.24) is 0 Å². The first kappa shape index (κ1) is 19.3. The number of benzene rings is 1. The Morgan fingerprint density at radius 1 is 1.12 bits per heavy atom. The molecule has 1 N–H and O–H groups in total. The topological polar surface area (TPSA) is 46.5 Å². The monoisotopic (exact) mass is 342 g/mol. The average Bonchev–Trinajstić information content (AvgIpc) is 2.54. The fourth-order valence-corrected chi connectivity index (χ4v) is 3.32. The summed E-state index contributed by atoms with van der Waals surface area (Å²) in [7, 11) is 0. The van der Waals surface area contributed by atoms with Crippen molar-refractivity contribution in [2.75, 3.05) is 0 Å². The zero-order chi connectivity index (χ0) is 18.4. The van der Waals surface area contributed by atoms with Gasteiger partial charge >= 0.3 is 5.97 Å². The standard InChI is InChI=1S/C22H30O3/c1-15(2)20-13-8-16(3)6-5-7-17(4)14-21(20)25-22(24)18-9-11-19(23)12-10-18/h6,9-12,14-15,20-21,23H,5,7-8,13H2,1-4H3/b16-6+,17-14?/t20-,21-/m0/s1. The van der Waals surface area contributed by atoms with E-state index in [1.165, 1.54) is 23.3 Å². The highest BCUT2D eigenvalue weighted by Gasteiger charge is 2.27. The number of phenolic OH excluding ortho intramolecular Hbond substituents is 1. The lowest BCUT2D eigenvalue weighted by atomic mass is 9.83. The molecule has 136 valence electrons. The predicted molar refractivity (Wildman–Crippen MR) is 102 cm³/mol. The maximum atomic E-state index is 12.6. The molecule has 3 heteroatoms. The number of carbonyl (C=O) groups is 1. The van der Waals surface area contributed by atoms with Gasteiger partial charge in [-0.25, -0.2) is 4.79 Å². The Morgan fingerprint density at radius 2 is 1.80 bits per heavy atom. The van der Waals surface area contributed by atoms with Crippen LogP contribution in [0.5, 0.6) is 5.75 Å². The second kappa shape index (κ2) is 8.89. The van der Waals surface area contributed by atoms with Gasteiger partial charge in [0.05, 0.1) is 5.56 Å². The molecule has 0 aromatic heterocycles. The van der Waals surface area contributed by atoms with E-state index in [0.29, 0.717) is 11.5 Å². The summed E-state index contributed by atoms with van der Waals surface area (Å²) >= 11 is 0. The van der Waals surface area contributed by atoms with Gasteiger partial charge in [-0.1, -0.05) is 31.1 Å². The number of esters is 1. The van der Waals surface area contributed by atoms with Gasteiger partial charge in [0.1, 0.15) is 11.9 Å². The number of aromatic hydroxyl groups is 1. The van der Waals surface area contributed by atoms with E-state index < -0.39 is 0 Å². The van der Waals surface area contributed by atoms with Crippen LogP contribution in [0.25, 0.3) is 0 Å². The van der Waals surface area contributed by atoms with Crippen molar-refractivity contribution >= 4 is 5.97 Å². The van der Waals surface area contributed by atoms with Crippen LogP contribution in [0.15, 0.2) is 47.6 Å². The predicted octanol–water partition coefficient (Wildman–Crippen LogP) is 5.66. The fourth-order valence-electron chi connectivity index (χ4n) is 3.32.